The number of carbonyl (C=O) groups is 2. The third kappa shape index (κ3) is 2.09. The predicted molar refractivity (Wildman–Crippen MR) is 80.4 cm³/mol. The molecule has 2 saturated heterocycles. The summed E-state index contributed by atoms with van der Waals surface area (Å²) in [7, 11) is 0. The van der Waals surface area contributed by atoms with Crippen LogP contribution in [0, 0.1) is 11.8 Å². The molecule has 5 aliphatic rings. The highest BCUT2D eigenvalue weighted by molar-refractivity contribution is 6.23. The number of fused-ring (bicyclic) bond motifs is 2. The van der Waals surface area contributed by atoms with E-state index in [1.807, 2.05) is 0 Å². The number of Topliss-reactive ketones (excluding diaryl/α,β-unsaturated/α-hetero) is 2. The van der Waals surface area contributed by atoms with E-state index in [1.165, 1.54) is 0 Å². The van der Waals surface area contributed by atoms with Crippen molar-refractivity contribution in [3.05, 3.63) is 22.7 Å². The summed E-state index contributed by atoms with van der Waals surface area (Å²) in [6.07, 6.45) is 4.07. The van der Waals surface area contributed by atoms with Crippen LogP contribution in [0.5, 0.6) is 0 Å². The van der Waals surface area contributed by atoms with Gasteiger partial charge in [0, 0.05) is 11.8 Å². The van der Waals surface area contributed by atoms with Crippen molar-refractivity contribution in [1.82, 2.24) is 0 Å². The number of ether oxygens (including phenoxy) is 4. The zero-order chi connectivity index (χ0) is 16.3. The molecule has 6 nitrogen and oxygen atoms in total. The Morgan fingerprint density at radius 2 is 1.17 bits per heavy atom. The van der Waals surface area contributed by atoms with E-state index in [1.54, 1.807) is 0 Å². The summed E-state index contributed by atoms with van der Waals surface area (Å²) in [5.74, 6) is 0.270. The number of hydrogen-bond acceptors (Lipinski definition) is 6. The van der Waals surface area contributed by atoms with Gasteiger partial charge in [0.1, 0.15) is 0 Å². The Balaban J connectivity index is 1.49. The molecule has 0 aromatic rings. The monoisotopic (exact) mass is 332 g/mol. The van der Waals surface area contributed by atoms with Crippen molar-refractivity contribution in [3.63, 3.8) is 0 Å². The van der Waals surface area contributed by atoms with Gasteiger partial charge in [-0.1, -0.05) is 0 Å². The molecule has 4 aliphatic heterocycles. The van der Waals surface area contributed by atoms with Gasteiger partial charge in [-0.2, -0.15) is 0 Å². The van der Waals surface area contributed by atoms with Crippen molar-refractivity contribution in [1.29, 1.82) is 0 Å². The maximum Gasteiger partial charge on any atom is 0.227 e. The zero-order valence-corrected chi connectivity index (χ0v) is 13.4. The lowest BCUT2D eigenvalue weighted by molar-refractivity contribution is -0.192. The normalized spacial score (nSPS) is 38.5. The Morgan fingerprint density at radius 3 is 1.62 bits per heavy atom. The molecule has 2 fully saturated rings. The number of allylic oxidation sites excluding steroid dienone is 2. The van der Waals surface area contributed by atoms with Crippen molar-refractivity contribution in [2.75, 3.05) is 13.2 Å². The van der Waals surface area contributed by atoms with E-state index in [2.05, 4.69) is 0 Å². The van der Waals surface area contributed by atoms with E-state index in [4.69, 9.17) is 18.9 Å². The molecule has 0 saturated carbocycles. The van der Waals surface area contributed by atoms with E-state index in [-0.39, 0.29) is 34.9 Å². The predicted octanol–water partition coefficient (Wildman–Crippen LogP) is 1.99. The summed E-state index contributed by atoms with van der Waals surface area (Å²) < 4.78 is 23.0. The van der Waals surface area contributed by atoms with Gasteiger partial charge >= 0.3 is 0 Å². The summed E-state index contributed by atoms with van der Waals surface area (Å²) in [5.41, 5.74) is 0.916. The molecule has 0 aromatic carbocycles. The summed E-state index contributed by atoms with van der Waals surface area (Å²) in [6.45, 7) is 1.29. The van der Waals surface area contributed by atoms with Crippen LogP contribution in [0.4, 0.5) is 0 Å². The highest BCUT2D eigenvalue weighted by Crippen LogP contribution is 2.44. The molecule has 0 amide bonds. The summed E-state index contributed by atoms with van der Waals surface area (Å²) >= 11 is 0. The number of hydrogen-bond donors (Lipinski definition) is 0. The van der Waals surface area contributed by atoms with E-state index < -0.39 is 12.6 Å². The van der Waals surface area contributed by atoms with E-state index in [0.29, 0.717) is 37.2 Å². The second kappa shape index (κ2) is 5.43. The second-order valence-electron chi connectivity index (χ2n) is 7.20. The first-order chi connectivity index (χ1) is 11.7. The van der Waals surface area contributed by atoms with Crippen molar-refractivity contribution < 1.29 is 28.5 Å². The molecule has 24 heavy (non-hydrogen) atoms. The minimum atomic E-state index is -0.397. The smallest absolute Gasteiger partial charge is 0.227 e. The lowest BCUT2D eigenvalue weighted by Crippen LogP contribution is -2.44. The van der Waals surface area contributed by atoms with E-state index in [9.17, 15) is 9.59 Å². The first kappa shape index (κ1) is 14.7. The molecule has 1 aliphatic carbocycles. The fourth-order valence-electron chi connectivity index (χ4n) is 4.42. The third-order valence-electron chi connectivity index (χ3n) is 5.68. The first-order valence-electron chi connectivity index (χ1n) is 8.84. The van der Waals surface area contributed by atoms with Gasteiger partial charge in [0.2, 0.25) is 24.1 Å². The molecule has 0 N–H and O–H groups in total. The Hall–Kier alpha value is -1.66. The molecule has 128 valence electrons. The molecular weight excluding hydrogens is 312 g/mol. The van der Waals surface area contributed by atoms with Gasteiger partial charge in [-0.15, -0.1) is 0 Å². The zero-order valence-electron chi connectivity index (χ0n) is 13.4. The lowest BCUT2D eigenvalue weighted by Gasteiger charge is -2.42. The van der Waals surface area contributed by atoms with Gasteiger partial charge in [-0.05, 0) is 38.5 Å². The Morgan fingerprint density at radius 1 is 0.708 bits per heavy atom. The molecule has 6 heteroatoms. The van der Waals surface area contributed by atoms with Crippen LogP contribution in [0.3, 0.4) is 0 Å². The maximum absolute atomic E-state index is 12.9. The fraction of sp³-hybridized carbons (Fsp3) is 0.667. The highest BCUT2D eigenvalue weighted by Gasteiger charge is 2.48. The molecule has 0 bridgehead atoms. The molecule has 0 unspecified atom stereocenters. The van der Waals surface area contributed by atoms with Crippen LogP contribution in [0.1, 0.15) is 38.5 Å². The molecular formula is C18H20O6. The second-order valence-corrected chi connectivity index (χ2v) is 7.20. The molecule has 5 rings (SSSR count). The average molecular weight is 332 g/mol. The largest absolute Gasteiger partial charge is 0.460 e. The molecule has 4 heterocycles. The fourth-order valence-corrected chi connectivity index (χ4v) is 4.42. The first-order valence-corrected chi connectivity index (χ1v) is 8.84. The average Bonchev–Trinajstić information content (AvgIpc) is 2.64. The van der Waals surface area contributed by atoms with Crippen LogP contribution < -0.4 is 0 Å². The highest BCUT2D eigenvalue weighted by atomic mass is 16.7. The molecule has 0 spiro atoms. The van der Waals surface area contributed by atoms with Gasteiger partial charge in [-0.3, -0.25) is 9.59 Å². The van der Waals surface area contributed by atoms with Crippen molar-refractivity contribution >= 4 is 11.6 Å². The van der Waals surface area contributed by atoms with E-state index in [0.717, 1.165) is 25.7 Å². The molecule has 4 atom stereocenters. The van der Waals surface area contributed by atoms with Gasteiger partial charge in [0.15, 0.2) is 11.5 Å². The summed E-state index contributed by atoms with van der Waals surface area (Å²) in [6, 6.07) is 0. The third-order valence-corrected chi connectivity index (χ3v) is 5.68. The van der Waals surface area contributed by atoms with Crippen molar-refractivity contribution in [2.45, 2.75) is 51.1 Å². The van der Waals surface area contributed by atoms with Crippen LogP contribution in [0.2, 0.25) is 0 Å². The van der Waals surface area contributed by atoms with E-state index >= 15 is 0 Å². The number of rotatable bonds is 0. The van der Waals surface area contributed by atoms with Gasteiger partial charge in [0.25, 0.3) is 0 Å². The van der Waals surface area contributed by atoms with Gasteiger partial charge < -0.3 is 18.9 Å². The standard InChI is InChI=1S/C18H20O6/c19-13-11-7-9-3-1-5-21-17(9)23-15(11)14(20)12-8-10-4-2-6-22-18(10)24-16(12)13/h9-10,17-18H,1-8H2/t9-,10+,17+,18-. The van der Waals surface area contributed by atoms with Crippen LogP contribution in [-0.4, -0.2) is 37.4 Å². The SMILES string of the molecule is O=C1C2=C(O[C@@H]3OCCC[C@@H]3C2)C(=O)C2=C1O[C@H]1OCCC[C@H]1C2. The molecule has 0 aromatic heterocycles. The number of ketones is 2. The van der Waals surface area contributed by atoms with Crippen molar-refractivity contribution in [2.24, 2.45) is 11.8 Å². The Labute approximate surface area is 139 Å². The minimum Gasteiger partial charge on any atom is -0.460 e. The quantitative estimate of drug-likeness (QED) is 0.632. The van der Waals surface area contributed by atoms with Crippen LogP contribution in [-0.2, 0) is 28.5 Å². The van der Waals surface area contributed by atoms with Crippen molar-refractivity contribution in [3.8, 4) is 0 Å². The Bertz CT molecular complexity index is 565. The number of carbonyl (C=O) groups excluding carboxylic acids is 2. The summed E-state index contributed by atoms with van der Waals surface area (Å²) in [4.78, 5) is 25.8. The van der Waals surface area contributed by atoms with Crippen LogP contribution in [0.25, 0.3) is 0 Å². The minimum absolute atomic E-state index is 0.138. The Kier molecular flexibility index (Phi) is 3.31. The van der Waals surface area contributed by atoms with Gasteiger partial charge in [0.05, 0.1) is 24.4 Å². The van der Waals surface area contributed by atoms with Crippen LogP contribution >= 0.6 is 0 Å². The van der Waals surface area contributed by atoms with Crippen LogP contribution in [0.15, 0.2) is 22.7 Å². The topological polar surface area (TPSA) is 71.1 Å². The lowest BCUT2D eigenvalue weighted by atomic mass is 9.79. The van der Waals surface area contributed by atoms with Gasteiger partial charge in [-0.25, -0.2) is 0 Å². The summed E-state index contributed by atoms with van der Waals surface area (Å²) in [5, 5.41) is 0. The maximum atomic E-state index is 12.9. The molecule has 0 radical (unpaired) electrons.